The predicted octanol–water partition coefficient (Wildman–Crippen LogP) is 2.80. The lowest BCUT2D eigenvalue weighted by Crippen LogP contribution is -2.49. The van der Waals surface area contributed by atoms with Gasteiger partial charge in [0.2, 0.25) is 0 Å². The van der Waals surface area contributed by atoms with Crippen LogP contribution in [0.4, 0.5) is 4.39 Å². The minimum Gasteiger partial charge on any atom is -0.497 e. The van der Waals surface area contributed by atoms with E-state index in [1.54, 1.807) is 19.2 Å². The second-order valence-electron chi connectivity index (χ2n) is 5.89. The zero-order valence-corrected chi connectivity index (χ0v) is 12.7. The molecule has 1 aliphatic carbocycles. The van der Waals surface area contributed by atoms with Gasteiger partial charge in [0.15, 0.2) is 0 Å². The van der Waals surface area contributed by atoms with E-state index in [9.17, 15) is 4.39 Å². The Morgan fingerprint density at radius 2 is 2.00 bits per heavy atom. The zero-order valence-electron chi connectivity index (χ0n) is 12.7. The molecule has 1 saturated carbocycles. The first kappa shape index (κ1) is 15.3. The maximum atomic E-state index is 13.9. The van der Waals surface area contributed by atoms with Crippen molar-refractivity contribution in [2.24, 2.45) is 0 Å². The van der Waals surface area contributed by atoms with Gasteiger partial charge in [0, 0.05) is 30.3 Å². The number of benzene rings is 1. The molecule has 1 aliphatic rings. The maximum absolute atomic E-state index is 13.9. The lowest BCUT2D eigenvalue weighted by atomic mass is 9.96. The third kappa shape index (κ3) is 3.30. The van der Waals surface area contributed by atoms with Gasteiger partial charge in [-0.05, 0) is 33.0 Å². The van der Waals surface area contributed by atoms with E-state index in [2.05, 4.69) is 24.3 Å². The second-order valence-corrected chi connectivity index (χ2v) is 5.89. The van der Waals surface area contributed by atoms with Crippen molar-refractivity contribution >= 4 is 0 Å². The van der Waals surface area contributed by atoms with Gasteiger partial charge in [0.1, 0.15) is 11.6 Å². The van der Waals surface area contributed by atoms with Gasteiger partial charge in [-0.2, -0.15) is 0 Å². The van der Waals surface area contributed by atoms with E-state index in [-0.39, 0.29) is 11.4 Å². The van der Waals surface area contributed by atoms with Crippen molar-refractivity contribution in [3.05, 3.63) is 29.6 Å². The monoisotopic (exact) mass is 280 g/mol. The van der Waals surface area contributed by atoms with Crippen molar-refractivity contribution in [1.29, 1.82) is 0 Å². The molecule has 0 amide bonds. The molecule has 0 bridgehead atoms. The molecule has 3 nitrogen and oxygen atoms in total. The summed E-state index contributed by atoms with van der Waals surface area (Å²) < 4.78 is 18.9. The van der Waals surface area contributed by atoms with Gasteiger partial charge in [0.25, 0.3) is 0 Å². The highest BCUT2D eigenvalue weighted by Crippen LogP contribution is 2.33. The first-order chi connectivity index (χ1) is 9.57. The van der Waals surface area contributed by atoms with Gasteiger partial charge in [0.05, 0.1) is 7.11 Å². The molecular weight excluding hydrogens is 255 g/mol. The first-order valence-electron chi connectivity index (χ1n) is 7.28. The Morgan fingerprint density at radius 3 is 2.55 bits per heavy atom. The molecule has 0 spiro atoms. The molecule has 4 heteroatoms. The highest BCUT2D eigenvalue weighted by molar-refractivity contribution is 5.28. The summed E-state index contributed by atoms with van der Waals surface area (Å²) in [6, 6.07) is 5.03. The third-order valence-electron chi connectivity index (χ3n) is 4.51. The van der Waals surface area contributed by atoms with E-state index >= 15 is 0 Å². The highest BCUT2D eigenvalue weighted by Gasteiger charge is 2.35. The maximum Gasteiger partial charge on any atom is 0.131 e. The Morgan fingerprint density at radius 1 is 1.30 bits per heavy atom. The number of ether oxygens (including phenoxy) is 1. The molecular formula is C16H25FN2O. The van der Waals surface area contributed by atoms with E-state index < -0.39 is 0 Å². The molecule has 0 aliphatic heterocycles. The average Bonchev–Trinajstić information content (AvgIpc) is 2.90. The van der Waals surface area contributed by atoms with Crippen molar-refractivity contribution in [3.8, 4) is 5.75 Å². The molecule has 2 rings (SSSR count). The van der Waals surface area contributed by atoms with E-state index in [0.717, 1.165) is 6.54 Å². The third-order valence-corrected chi connectivity index (χ3v) is 4.51. The minimum atomic E-state index is -0.206. The fourth-order valence-corrected chi connectivity index (χ4v) is 3.04. The number of likely N-dealkylation sites (N-methyl/N-ethyl adjacent to an activating group) is 1. The van der Waals surface area contributed by atoms with Crippen LogP contribution in [-0.2, 0) is 6.54 Å². The normalized spacial score (nSPS) is 17.6. The average molecular weight is 280 g/mol. The minimum absolute atomic E-state index is 0.206. The number of hydrogen-bond donors (Lipinski definition) is 1. The van der Waals surface area contributed by atoms with Crippen LogP contribution in [0.3, 0.4) is 0 Å². The second kappa shape index (κ2) is 6.55. The Bertz CT molecular complexity index is 442. The van der Waals surface area contributed by atoms with Crippen LogP contribution in [0.15, 0.2) is 18.2 Å². The molecule has 112 valence electrons. The largest absolute Gasteiger partial charge is 0.497 e. The molecule has 0 atom stereocenters. The van der Waals surface area contributed by atoms with Crippen molar-refractivity contribution in [1.82, 2.24) is 10.2 Å². The Labute approximate surface area is 121 Å². The molecule has 1 N–H and O–H groups in total. The van der Waals surface area contributed by atoms with Crippen LogP contribution in [0.5, 0.6) is 5.75 Å². The smallest absolute Gasteiger partial charge is 0.131 e. The van der Waals surface area contributed by atoms with Crippen molar-refractivity contribution in [3.63, 3.8) is 0 Å². The Kier molecular flexibility index (Phi) is 5.00. The summed E-state index contributed by atoms with van der Waals surface area (Å²) in [5, 5.41) is 3.42. The number of halogens is 1. The van der Waals surface area contributed by atoms with Crippen LogP contribution in [0.25, 0.3) is 0 Å². The summed E-state index contributed by atoms with van der Waals surface area (Å²) in [6.07, 6.45) is 5.02. The molecule has 1 aromatic carbocycles. The molecule has 0 radical (unpaired) electrons. The van der Waals surface area contributed by atoms with Gasteiger partial charge in [-0.15, -0.1) is 0 Å². The van der Waals surface area contributed by atoms with E-state index in [4.69, 9.17) is 4.74 Å². The van der Waals surface area contributed by atoms with Crippen LogP contribution < -0.4 is 10.1 Å². The predicted molar refractivity (Wildman–Crippen MR) is 79.5 cm³/mol. The van der Waals surface area contributed by atoms with Crippen molar-refractivity contribution in [2.45, 2.75) is 37.8 Å². The van der Waals surface area contributed by atoms with Gasteiger partial charge >= 0.3 is 0 Å². The Hall–Kier alpha value is -1.13. The van der Waals surface area contributed by atoms with Crippen LogP contribution in [-0.4, -0.2) is 38.2 Å². The molecule has 0 saturated heterocycles. The lowest BCUT2D eigenvalue weighted by Gasteiger charge is -2.36. The fraction of sp³-hybridized carbons (Fsp3) is 0.625. The number of nitrogens with one attached hydrogen (secondary N) is 1. The van der Waals surface area contributed by atoms with E-state index in [1.807, 2.05) is 0 Å². The Balaban J connectivity index is 1.92. The summed E-state index contributed by atoms with van der Waals surface area (Å²) in [7, 11) is 5.83. The SMILES string of the molecule is COc1ccc(CNCC2(N(C)C)CCCC2)c(F)c1. The van der Waals surface area contributed by atoms with Crippen molar-refractivity contribution < 1.29 is 9.13 Å². The van der Waals surface area contributed by atoms with Gasteiger partial charge in [-0.25, -0.2) is 4.39 Å². The lowest BCUT2D eigenvalue weighted by molar-refractivity contribution is 0.153. The quantitative estimate of drug-likeness (QED) is 0.867. The molecule has 1 aromatic rings. The highest BCUT2D eigenvalue weighted by atomic mass is 19.1. The van der Waals surface area contributed by atoms with Crippen LogP contribution >= 0.6 is 0 Å². The summed E-state index contributed by atoms with van der Waals surface area (Å²) in [5.41, 5.74) is 0.931. The summed E-state index contributed by atoms with van der Waals surface area (Å²) in [4.78, 5) is 2.32. The van der Waals surface area contributed by atoms with Gasteiger partial charge in [-0.3, -0.25) is 0 Å². The van der Waals surface area contributed by atoms with Gasteiger partial charge in [-0.1, -0.05) is 18.9 Å². The molecule has 0 heterocycles. The standard InChI is InChI=1S/C16H25FN2O/c1-19(2)16(8-4-5-9-16)12-18-11-13-6-7-14(20-3)10-15(13)17/h6-7,10,18H,4-5,8-9,11-12H2,1-3H3. The molecule has 0 unspecified atom stereocenters. The summed E-state index contributed by atoms with van der Waals surface area (Å²) in [5.74, 6) is 0.356. The summed E-state index contributed by atoms with van der Waals surface area (Å²) >= 11 is 0. The van der Waals surface area contributed by atoms with Crippen LogP contribution in [0.1, 0.15) is 31.2 Å². The first-order valence-corrected chi connectivity index (χ1v) is 7.28. The molecule has 0 aromatic heterocycles. The van der Waals surface area contributed by atoms with E-state index in [0.29, 0.717) is 17.9 Å². The van der Waals surface area contributed by atoms with Gasteiger partial charge < -0.3 is 15.0 Å². The topological polar surface area (TPSA) is 24.5 Å². The fourth-order valence-electron chi connectivity index (χ4n) is 3.04. The number of hydrogen-bond acceptors (Lipinski definition) is 3. The zero-order chi connectivity index (χ0) is 14.6. The summed E-state index contributed by atoms with van der Waals surface area (Å²) in [6.45, 7) is 1.47. The molecule has 20 heavy (non-hydrogen) atoms. The van der Waals surface area contributed by atoms with Crippen LogP contribution in [0, 0.1) is 5.82 Å². The molecule has 1 fully saturated rings. The number of rotatable bonds is 6. The number of methoxy groups -OCH3 is 1. The van der Waals surface area contributed by atoms with Crippen molar-refractivity contribution in [2.75, 3.05) is 27.7 Å². The van der Waals surface area contributed by atoms with E-state index in [1.165, 1.54) is 31.7 Å². The number of nitrogens with zero attached hydrogens (tertiary/aromatic N) is 1. The van der Waals surface area contributed by atoms with Crippen LogP contribution in [0.2, 0.25) is 0 Å².